The Hall–Kier alpha value is -0.800. The molecular formula is C6H13N3. The van der Waals surface area contributed by atoms with Gasteiger partial charge in [-0.3, -0.25) is 5.01 Å². The summed E-state index contributed by atoms with van der Waals surface area (Å²) in [6.45, 7) is 7.06. The second-order valence-corrected chi connectivity index (χ2v) is 1.54. The van der Waals surface area contributed by atoms with Crippen molar-refractivity contribution in [3.8, 4) is 0 Å². The number of nitrogens with one attached hydrogen (secondary N) is 1. The molecule has 0 rings (SSSR count). The highest BCUT2D eigenvalue weighted by Crippen LogP contribution is 1.86. The van der Waals surface area contributed by atoms with E-state index in [1.54, 1.807) is 24.3 Å². The molecule has 0 radical (unpaired) electrons. The largest absolute Gasteiger partial charge is 0.307 e. The van der Waals surface area contributed by atoms with Crippen molar-refractivity contribution < 1.29 is 0 Å². The van der Waals surface area contributed by atoms with Crippen LogP contribution in [0, 0.1) is 0 Å². The van der Waals surface area contributed by atoms with E-state index in [-0.39, 0.29) is 6.17 Å². The maximum absolute atomic E-state index is 5.51. The molecule has 0 aliphatic carbocycles. The van der Waals surface area contributed by atoms with Crippen LogP contribution in [0.4, 0.5) is 0 Å². The van der Waals surface area contributed by atoms with E-state index in [0.717, 1.165) is 0 Å². The van der Waals surface area contributed by atoms with Crippen LogP contribution in [0.15, 0.2) is 25.4 Å². The van der Waals surface area contributed by atoms with Gasteiger partial charge in [0.2, 0.25) is 0 Å². The molecule has 1 atom stereocenters. The predicted molar refractivity (Wildman–Crippen MR) is 39.3 cm³/mol. The monoisotopic (exact) mass is 127 g/mol. The molecule has 52 valence electrons. The summed E-state index contributed by atoms with van der Waals surface area (Å²) in [6.07, 6.45) is 3.03. The van der Waals surface area contributed by atoms with Crippen LogP contribution in [0.3, 0.4) is 0 Å². The molecule has 0 aromatic rings. The van der Waals surface area contributed by atoms with Crippen LogP contribution in [-0.4, -0.2) is 18.2 Å². The van der Waals surface area contributed by atoms with Gasteiger partial charge in [-0.2, -0.15) is 0 Å². The highest BCUT2D eigenvalue weighted by atomic mass is 15.5. The lowest BCUT2D eigenvalue weighted by Crippen LogP contribution is -2.43. The Labute approximate surface area is 55.8 Å². The molecule has 3 N–H and O–H groups in total. The summed E-state index contributed by atoms with van der Waals surface area (Å²) >= 11 is 0. The molecule has 0 aromatic heterocycles. The third-order valence-corrected chi connectivity index (χ3v) is 1.02. The van der Waals surface area contributed by atoms with E-state index < -0.39 is 0 Å². The van der Waals surface area contributed by atoms with Gasteiger partial charge in [0.25, 0.3) is 0 Å². The maximum atomic E-state index is 5.51. The zero-order chi connectivity index (χ0) is 7.28. The van der Waals surface area contributed by atoms with Crippen LogP contribution >= 0.6 is 0 Å². The van der Waals surface area contributed by atoms with Crippen molar-refractivity contribution in [2.45, 2.75) is 6.17 Å². The second-order valence-electron chi connectivity index (χ2n) is 1.54. The minimum absolute atomic E-state index is 0.201. The van der Waals surface area contributed by atoms with E-state index in [1.807, 2.05) is 0 Å². The van der Waals surface area contributed by atoms with E-state index in [2.05, 4.69) is 18.6 Å². The van der Waals surface area contributed by atoms with Crippen LogP contribution in [0.1, 0.15) is 0 Å². The third-order valence-electron chi connectivity index (χ3n) is 1.02. The van der Waals surface area contributed by atoms with E-state index in [0.29, 0.717) is 0 Å². The topological polar surface area (TPSA) is 41.3 Å². The van der Waals surface area contributed by atoms with Crippen molar-refractivity contribution in [3.63, 3.8) is 0 Å². The highest BCUT2D eigenvalue weighted by molar-refractivity contribution is 4.84. The first kappa shape index (κ1) is 8.20. The zero-order valence-corrected chi connectivity index (χ0v) is 5.67. The van der Waals surface area contributed by atoms with Crippen molar-refractivity contribution >= 4 is 0 Å². The summed E-state index contributed by atoms with van der Waals surface area (Å²) in [5, 5.41) is 1.65. The minimum Gasteiger partial charge on any atom is -0.307 e. The normalized spacial score (nSPS) is 12.2. The van der Waals surface area contributed by atoms with Crippen LogP contribution in [-0.2, 0) is 0 Å². The first-order chi connectivity index (χ1) is 4.26. The summed E-state index contributed by atoms with van der Waals surface area (Å²) in [6, 6.07) is 0. The zero-order valence-electron chi connectivity index (χ0n) is 5.67. The molecule has 0 bridgehead atoms. The van der Waals surface area contributed by atoms with E-state index in [9.17, 15) is 0 Å². The molecule has 9 heavy (non-hydrogen) atoms. The maximum Gasteiger partial charge on any atom is 0.110 e. The second kappa shape index (κ2) is 4.12. The van der Waals surface area contributed by atoms with Crippen LogP contribution < -0.4 is 11.2 Å². The first-order valence-electron chi connectivity index (χ1n) is 2.72. The Kier molecular flexibility index (Phi) is 3.75. The van der Waals surface area contributed by atoms with Crippen molar-refractivity contribution in [1.82, 2.24) is 10.4 Å². The van der Waals surface area contributed by atoms with Gasteiger partial charge in [0, 0.05) is 13.2 Å². The molecule has 0 aliphatic heterocycles. The fourth-order valence-corrected chi connectivity index (χ4v) is 0.476. The molecule has 0 saturated carbocycles. The van der Waals surface area contributed by atoms with Gasteiger partial charge in [-0.25, -0.2) is 5.43 Å². The number of hydrogen-bond donors (Lipinski definition) is 2. The summed E-state index contributed by atoms with van der Waals surface area (Å²) < 4.78 is 0. The highest BCUT2D eigenvalue weighted by Gasteiger charge is 1.99. The molecule has 0 saturated heterocycles. The van der Waals surface area contributed by atoms with Crippen LogP contribution in [0.5, 0.6) is 0 Å². The molecule has 0 aliphatic rings. The number of nitrogens with two attached hydrogens (primary N) is 1. The molecule has 0 spiro atoms. The minimum atomic E-state index is -0.201. The van der Waals surface area contributed by atoms with Gasteiger partial charge in [-0.05, 0) is 0 Å². The number of nitrogens with zero attached hydrogens (tertiary/aromatic N) is 1. The first-order valence-corrected chi connectivity index (χ1v) is 2.72. The number of hydrazine groups is 1. The Morgan fingerprint density at radius 3 is 2.33 bits per heavy atom. The van der Waals surface area contributed by atoms with Crippen molar-refractivity contribution in [2.75, 3.05) is 7.05 Å². The number of hydrogen-bond acceptors (Lipinski definition) is 3. The summed E-state index contributed by atoms with van der Waals surface area (Å²) in [5.74, 6) is 0. The summed E-state index contributed by atoms with van der Waals surface area (Å²) in [4.78, 5) is 0. The SMILES string of the molecule is C=CC(N)N(C=C)NC. The van der Waals surface area contributed by atoms with Gasteiger partial charge >= 0.3 is 0 Å². The molecule has 0 heterocycles. The van der Waals surface area contributed by atoms with E-state index in [1.165, 1.54) is 0 Å². The van der Waals surface area contributed by atoms with Crippen LogP contribution in [0.25, 0.3) is 0 Å². The third kappa shape index (κ3) is 2.30. The van der Waals surface area contributed by atoms with Crippen LogP contribution in [0.2, 0.25) is 0 Å². The van der Waals surface area contributed by atoms with E-state index >= 15 is 0 Å². The fraction of sp³-hybridized carbons (Fsp3) is 0.333. The smallest absolute Gasteiger partial charge is 0.110 e. The van der Waals surface area contributed by atoms with Gasteiger partial charge in [-0.1, -0.05) is 19.2 Å². The number of rotatable bonds is 4. The molecule has 0 aromatic carbocycles. The van der Waals surface area contributed by atoms with Crippen molar-refractivity contribution in [3.05, 3.63) is 25.4 Å². The Morgan fingerprint density at radius 1 is 1.67 bits per heavy atom. The lowest BCUT2D eigenvalue weighted by Gasteiger charge is -2.22. The van der Waals surface area contributed by atoms with Gasteiger partial charge in [0.15, 0.2) is 0 Å². The molecule has 1 unspecified atom stereocenters. The fourth-order valence-electron chi connectivity index (χ4n) is 0.476. The predicted octanol–water partition coefficient (Wildman–Crippen LogP) is 0.0371. The molecule has 3 nitrogen and oxygen atoms in total. The van der Waals surface area contributed by atoms with Gasteiger partial charge in [0.1, 0.15) is 6.17 Å². The molecule has 3 heteroatoms. The molecule has 0 amide bonds. The molecular weight excluding hydrogens is 114 g/mol. The summed E-state index contributed by atoms with van der Waals surface area (Å²) in [7, 11) is 1.77. The van der Waals surface area contributed by atoms with Gasteiger partial charge in [0.05, 0.1) is 0 Å². The standard InChI is InChI=1S/C6H13N3/c1-4-6(7)9(5-2)8-3/h4-6,8H,1-2,7H2,3H3. The Bertz CT molecular complexity index is 100. The van der Waals surface area contributed by atoms with Gasteiger partial charge in [-0.15, -0.1) is 0 Å². The Morgan fingerprint density at radius 2 is 2.22 bits per heavy atom. The quantitative estimate of drug-likeness (QED) is 0.318. The van der Waals surface area contributed by atoms with E-state index in [4.69, 9.17) is 5.73 Å². The molecule has 0 fully saturated rings. The average molecular weight is 127 g/mol. The van der Waals surface area contributed by atoms with Crippen molar-refractivity contribution in [2.24, 2.45) is 5.73 Å². The Balaban J connectivity index is 3.77. The lowest BCUT2D eigenvalue weighted by atomic mass is 10.5. The lowest BCUT2D eigenvalue weighted by molar-refractivity contribution is 0.256. The van der Waals surface area contributed by atoms with Gasteiger partial charge < -0.3 is 5.73 Å². The summed E-state index contributed by atoms with van der Waals surface area (Å²) in [5.41, 5.74) is 8.33. The van der Waals surface area contributed by atoms with Crippen molar-refractivity contribution in [1.29, 1.82) is 0 Å². The average Bonchev–Trinajstić information content (AvgIpc) is 1.90.